The van der Waals surface area contributed by atoms with Crippen molar-refractivity contribution in [2.75, 3.05) is 0 Å². The number of aryl methyl sites for hydroxylation is 1. The maximum absolute atomic E-state index is 9.38. The fraction of sp³-hybridized carbons (Fsp3) is 0.538. The van der Waals surface area contributed by atoms with Gasteiger partial charge in [0, 0.05) is 0 Å². The van der Waals surface area contributed by atoms with Crippen LogP contribution in [0.15, 0.2) is 18.2 Å². The normalized spacial score (nSPS) is 22.0. The summed E-state index contributed by atoms with van der Waals surface area (Å²) in [6, 6.07) is 5.85. The molecule has 0 fully saturated rings. The van der Waals surface area contributed by atoms with E-state index in [-0.39, 0.29) is 0 Å². The zero-order chi connectivity index (χ0) is 10.1. The highest BCUT2D eigenvalue weighted by molar-refractivity contribution is 5.40. The number of phenols is 1. The smallest absolute Gasteiger partial charge is 0.115 e. The third-order valence-corrected chi connectivity index (χ3v) is 3.58. The molecular formula is C13H18O. The number of rotatable bonds is 2. The van der Waals surface area contributed by atoms with Gasteiger partial charge in [-0.2, -0.15) is 0 Å². The molecule has 14 heavy (non-hydrogen) atoms. The quantitative estimate of drug-likeness (QED) is 0.757. The van der Waals surface area contributed by atoms with E-state index < -0.39 is 0 Å². The average Bonchev–Trinajstić information content (AvgIpc) is 2.59. The molecular weight excluding hydrogens is 172 g/mol. The molecule has 0 amide bonds. The van der Waals surface area contributed by atoms with E-state index in [2.05, 4.69) is 19.9 Å². The molecule has 1 aliphatic rings. The largest absolute Gasteiger partial charge is 0.508 e. The fourth-order valence-corrected chi connectivity index (χ4v) is 2.51. The van der Waals surface area contributed by atoms with Crippen LogP contribution >= 0.6 is 0 Å². The number of hydrogen-bond acceptors (Lipinski definition) is 1. The van der Waals surface area contributed by atoms with Crippen LogP contribution in [-0.2, 0) is 6.42 Å². The first-order valence-corrected chi connectivity index (χ1v) is 5.54. The Balaban J connectivity index is 2.31. The van der Waals surface area contributed by atoms with Gasteiger partial charge in [-0.15, -0.1) is 0 Å². The fourth-order valence-electron chi connectivity index (χ4n) is 2.51. The number of hydrogen-bond donors (Lipinski definition) is 1. The predicted octanol–water partition coefficient (Wildman–Crippen LogP) is 3.47. The number of fused-ring (bicyclic) bond motifs is 1. The summed E-state index contributed by atoms with van der Waals surface area (Å²) in [5.41, 5.74) is 2.83. The number of phenolic OH excluding ortho intramolecular Hbond substituents is 1. The van der Waals surface area contributed by atoms with Gasteiger partial charge in [0.05, 0.1) is 0 Å². The van der Waals surface area contributed by atoms with Crippen molar-refractivity contribution in [3.05, 3.63) is 29.3 Å². The van der Waals surface area contributed by atoms with E-state index in [1.165, 1.54) is 24.0 Å². The maximum atomic E-state index is 9.38. The monoisotopic (exact) mass is 190 g/mol. The van der Waals surface area contributed by atoms with Gasteiger partial charge in [-0.05, 0) is 47.9 Å². The molecule has 0 aromatic heterocycles. The molecule has 2 rings (SSSR count). The van der Waals surface area contributed by atoms with Crippen LogP contribution in [0.2, 0.25) is 0 Å². The molecule has 2 atom stereocenters. The lowest BCUT2D eigenvalue weighted by Gasteiger charge is -2.18. The van der Waals surface area contributed by atoms with Gasteiger partial charge in [-0.3, -0.25) is 0 Å². The van der Waals surface area contributed by atoms with Crippen molar-refractivity contribution in [3.8, 4) is 5.75 Å². The minimum atomic E-state index is 0.411. The molecule has 0 spiro atoms. The second-order valence-electron chi connectivity index (χ2n) is 4.41. The van der Waals surface area contributed by atoms with Gasteiger partial charge in [0.1, 0.15) is 5.75 Å². The molecule has 0 aliphatic heterocycles. The zero-order valence-electron chi connectivity index (χ0n) is 8.96. The Morgan fingerprint density at radius 3 is 3.00 bits per heavy atom. The van der Waals surface area contributed by atoms with Crippen molar-refractivity contribution in [1.29, 1.82) is 0 Å². The second kappa shape index (κ2) is 3.64. The van der Waals surface area contributed by atoms with E-state index in [9.17, 15) is 5.11 Å². The Hall–Kier alpha value is -0.980. The lowest BCUT2D eigenvalue weighted by atomic mass is 9.87. The molecule has 1 heteroatoms. The van der Waals surface area contributed by atoms with Gasteiger partial charge >= 0.3 is 0 Å². The van der Waals surface area contributed by atoms with E-state index in [4.69, 9.17) is 0 Å². The summed E-state index contributed by atoms with van der Waals surface area (Å²) >= 11 is 0. The van der Waals surface area contributed by atoms with Crippen LogP contribution in [0.3, 0.4) is 0 Å². The minimum Gasteiger partial charge on any atom is -0.508 e. The molecule has 0 saturated heterocycles. The van der Waals surface area contributed by atoms with E-state index in [1.54, 1.807) is 0 Å². The van der Waals surface area contributed by atoms with E-state index in [0.717, 1.165) is 18.3 Å². The van der Waals surface area contributed by atoms with Crippen molar-refractivity contribution in [2.24, 2.45) is 5.92 Å². The topological polar surface area (TPSA) is 20.2 Å². The van der Waals surface area contributed by atoms with Crippen molar-refractivity contribution in [1.82, 2.24) is 0 Å². The molecule has 1 nitrogen and oxygen atoms in total. The Morgan fingerprint density at radius 2 is 2.29 bits per heavy atom. The third-order valence-electron chi connectivity index (χ3n) is 3.58. The lowest BCUT2D eigenvalue weighted by Crippen LogP contribution is -2.05. The molecule has 1 aromatic carbocycles. The van der Waals surface area contributed by atoms with Gasteiger partial charge < -0.3 is 5.11 Å². The van der Waals surface area contributed by atoms with Crippen LogP contribution in [-0.4, -0.2) is 5.11 Å². The van der Waals surface area contributed by atoms with Crippen LogP contribution in [0.25, 0.3) is 0 Å². The van der Waals surface area contributed by atoms with Crippen LogP contribution in [0.4, 0.5) is 0 Å². The Morgan fingerprint density at radius 1 is 1.50 bits per heavy atom. The predicted molar refractivity (Wildman–Crippen MR) is 58.6 cm³/mol. The van der Waals surface area contributed by atoms with Crippen molar-refractivity contribution in [3.63, 3.8) is 0 Å². The maximum Gasteiger partial charge on any atom is 0.115 e. The molecule has 76 valence electrons. The minimum absolute atomic E-state index is 0.411. The summed E-state index contributed by atoms with van der Waals surface area (Å²) < 4.78 is 0. The van der Waals surface area contributed by atoms with Gasteiger partial charge in [0.2, 0.25) is 0 Å². The lowest BCUT2D eigenvalue weighted by molar-refractivity contribution is 0.443. The molecule has 0 saturated carbocycles. The molecule has 0 bridgehead atoms. The van der Waals surface area contributed by atoms with Crippen LogP contribution < -0.4 is 0 Å². The van der Waals surface area contributed by atoms with Gasteiger partial charge in [0.15, 0.2) is 0 Å². The highest BCUT2D eigenvalue weighted by Gasteiger charge is 2.26. The summed E-state index contributed by atoms with van der Waals surface area (Å²) in [4.78, 5) is 0. The van der Waals surface area contributed by atoms with Crippen molar-refractivity contribution >= 4 is 0 Å². The molecule has 1 aliphatic carbocycles. The number of benzene rings is 1. The second-order valence-corrected chi connectivity index (χ2v) is 4.41. The summed E-state index contributed by atoms with van der Waals surface area (Å²) in [5.74, 6) is 1.89. The van der Waals surface area contributed by atoms with Crippen molar-refractivity contribution < 1.29 is 5.11 Å². The molecule has 1 aromatic rings. The first-order chi connectivity index (χ1) is 6.72. The molecule has 0 radical (unpaired) electrons. The van der Waals surface area contributed by atoms with Gasteiger partial charge in [-0.25, -0.2) is 0 Å². The summed E-state index contributed by atoms with van der Waals surface area (Å²) in [6.07, 6.45) is 3.64. The van der Waals surface area contributed by atoms with Crippen molar-refractivity contribution in [2.45, 2.75) is 39.0 Å². The number of aromatic hydroxyl groups is 1. The summed E-state index contributed by atoms with van der Waals surface area (Å²) in [6.45, 7) is 4.58. The van der Waals surface area contributed by atoms with E-state index in [0.29, 0.717) is 5.75 Å². The third kappa shape index (κ3) is 1.52. The summed E-state index contributed by atoms with van der Waals surface area (Å²) in [7, 11) is 0. The standard InChI is InChI=1S/C13H18O/c1-3-9(2)12-6-4-10-8-11(14)5-7-13(10)12/h5,7-9,12,14H,3-4,6H2,1-2H3/t9-,12-/m1/s1. The zero-order valence-corrected chi connectivity index (χ0v) is 8.96. The first kappa shape index (κ1) is 9.57. The van der Waals surface area contributed by atoms with Gasteiger partial charge in [0.25, 0.3) is 0 Å². The highest BCUT2D eigenvalue weighted by Crippen LogP contribution is 2.40. The Labute approximate surface area is 85.8 Å². The van der Waals surface area contributed by atoms with Gasteiger partial charge in [-0.1, -0.05) is 26.3 Å². The Kier molecular flexibility index (Phi) is 2.49. The van der Waals surface area contributed by atoms with Crippen LogP contribution in [0.1, 0.15) is 43.7 Å². The molecule has 0 heterocycles. The van der Waals surface area contributed by atoms with E-state index >= 15 is 0 Å². The first-order valence-electron chi connectivity index (χ1n) is 5.54. The average molecular weight is 190 g/mol. The molecule has 0 unspecified atom stereocenters. The summed E-state index contributed by atoms with van der Waals surface area (Å²) in [5, 5.41) is 9.38. The van der Waals surface area contributed by atoms with Crippen LogP contribution in [0.5, 0.6) is 5.75 Å². The Bertz CT molecular complexity index is 330. The molecule has 1 N–H and O–H groups in total. The van der Waals surface area contributed by atoms with E-state index in [1.807, 2.05) is 12.1 Å². The SMILES string of the molecule is CC[C@@H](C)[C@H]1CCc2cc(O)ccc21. The highest BCUT2D eigenvalue weighted by atomic mass is 16.3. The van der Waals surface area contributed by atoms with Crippen LogP contribution in [0, 0.1) is 5.92 Å².